The number of methoxy groups -OCH3 is 1. The molecule has 6 nitrogen and oxygen atoms in total. The zero-order valence-corrected chi connectivity index (χ0v) is 21.6. The van der Waals surface area contributed by atoms with E-state index < -0.39 is 5.91 Å². The van der Waals surface area contributed by atoms with Crippen molar-refractivity contribution in [3.05, 3.63) is 59.2 Å². The van der Waals surface area contributed by atoms with Crippen LogP contribution >= 0.6 is 0 Å². The van der Waals surface area contributed by atoms with Gasteiger partial charge in [0.25, 0.3) is 5.91 Å². The molecule has 1 unspecified atom stereocenters. The van der Waals surface area contributed by atoms with Gasteiger partial charge in [-0.05, 0) is 56.3 Å². The highest BCUT2D eigenvalue weighted by Crippen LogP contribution is 2.41. The number of nitrogens with one attached hydrogen (secondary N) is 1. The Hall–Kier alpha value is -2.99. The summed E-state index contributed by atoms with van der Waals surface area (Å²) in [5.41, 5.74) is 9.86. The lowest BCUT2D eigenvalue weighted by Gasteiger charge is -2.36. The number of ether oxygens (including phenoxy) is 1. The molecule has 0 radical (unpaired) electrons. The van der Waals surface area contributed by atoms with Crippen LogP contribution in [0.2, 0.25) is 0 Å². The second kappa shape index (κ2) is 11.2. The normalized spacial score (nSPS) is 15.6. The number of anilines is 1. The summed E-state index contributed by atoms with van der Waals surface area (Å²) in [5.74, 6) is 1.94. The minimum absolute atomic E-state index is 0.255. The first-order valence-corrected chi connectivity index (χ1v) is 13.1. The number of hydrogen-bond acceptors (Lipinski definition) is 4. The third kappa shape index (κ3) is 5.18. The fourth-order valence-corrected chi connectivity index (χ4v) is 5.79. The summed E-state index contributed by atoms with van der Waals surface area (Å²) >= 11 is 0. The van der Waals surface area contributed by atoms with Crippen molar-refractivity contribution in [1.82, 2.24) is 9.88 Å². The van der Waals surface area contributed by atoms with Gasteiger partial charge < -0.3 is 20.4 Å². The Balaban J connectivity index is 1.71. The van der Waals surface area contributed by atoms with Gasteiger partial charge in [0.2, 0.25) is 0 Å². The zero-order valence-electron chi connectivity index (χ0n) is 21.6. The van der Waals surface area contributed by atoms with Gasteiger partial charge in [0.1, 0.15) is 11.6 Å². The maximum absolute atomic E-state index is 12.2. The number of nitrogens with two attached hydrogens (primary N) is 1. The van der Waals surface area contributed by atoms with Crippen LogP contribution in [0.1, 0.15) is 67.6 Å². The average Bonchev–Trinajstić information content (AvgIpc) is 3.25. The van der Waals surface area contributed by atoms with E-state index in [0.717, 1.165) is 49.9 Å². The third-order valence-corrected chi connectivity index (χ3v) is 7.67. The average molecular weight is 477 g/mol. The lowest BCUT2D eigenvalue weighted by atomic mass is 9.90. The molecule has 188 valence electrons. The molecule has 1 atom stereocenters. The van der Waals surface area contributed by atoms with E-state index in [2.05, 4.69) is 65.9 Å². The Labute approximate surface area is 209 Å². The van der Waals surface area contributed by atoms with E-state index in [-0.39, 0.29) is 6.04 Å². The summed E-state index contributed by atoms with van der Waals surface area (Å²) in [6, 6.07) is 14.9. The van der Waals surface area contributed by atoms with Crippen molar-refractivity contribution in [2.24, 2.45) is 11.7 Å². The second-order valence-corrected chi connectivity index (χ2v) is 9.62. The molecule has 1 amide bonds. The van der Waals surface area contributed by atoms with Gasteiger partial charge in [-0.25, -0.2) is 0 Å². The molecule has 3 aromatic rings. The van der Waals surface area contributed by atoms with Crippen molar-refractivity contribution >= 4 is 22.6 Å². The van der Waals surface area contributed by atoms with Gasteiger partial charge in [-0.1, -0.05) is 51.1 Å². The van der Waals surface area contributed by atoms with Crippen LogP contribution in [0.3, 0.4) is 0 Å². The summed E-state index contributed by atoms with van der Waals surface area (Å²) in [7, 11) is 1.58. The van der Waals surface area contributed by atoms with Gasteiger partial charge in [-0.2, -0.15) is 0 Å². The first kappa shape index (κ1) is 25.1. The van der Waals surface area contributed by atoms with Crippen LogP contribution in [0.5, 0.6) is 5.75 Å². The number of aromatic nitrogens is 1. The van der Waals surface area contributed by atoms with Crippen molar-refractivity contribution in [1.29, 1.82) is 0 Å². The molecule has 4 rings (SSSR count). The van der Waals surface area contributed by atoms with E-state index in [0.29, 0.717) is 17.2 Å². The van der Waals surface area contributed by atoms with E-state index in [1.54, 1.807) is 7.11 Å². The van der Waals surface area contributed by atoms with Crippen molar-refractivity contribution in [2.75, 3.05) is 38.2 Å². The summed E-state index contributed by atoms with van der Waals surface area (Å²) < 4.78 is 5.51. The molecule has 2 heterocycles. The van der Waals surface area contributed by atoms with Gasteiger partial charge >= 0.3 is 0 Å². The Morgan fingerprint density at radius 2 is 1.83 bits per heavy atom. The highest BCUT2D eigenvalue weighted by Gasteiger charge is 2.30. The van der Waals surface area contributed by atoms with Crippen molar-refractivity contribution in [2.45, 2.75) is 52.5 Å². The Bertz CT molecular complexity index is 1130. The minimum Gasteiger partial charge on any atom is -0.496 e. The van der Waals surface area contributed by atoms with Gasteiger partial charge in [0.15, 0.2) is 0 Å². The molecule has 1 saturated heterocycles. The SMILES string of the molecule is CCC(c1c(N2CCC(Cc3ccccc3)CC2)[nH]c2cc(OC)c(C(N)=O)cc12)N(CC)CC. The molecular formula is C29H40N4O2. The second-order valence-electron chi connectivity index (χ2n) is 9.62. The standard InChI is InChI=1S/C29H40N4O2/c1-5-25(32(6-2)7-3)27-22-18-23(28(30)34)26(35-4)19-24(22)31-29(27)33-15-13-21(14-16-33)17-20-11-9-8-10-12-20/h8-12,18-19,21,25,31H,5-7,13-17H2,1-4H3,(H2,30,34). The third-order valence-electron chi connectivity index (χ3n) is 7.67. The fourth-order valence-electron chi connectivity index (χ4n) is 5.79. The van der Waals surface area contributed by atoms with Gasteiger partial charge in [-0.3, -0.25) is 9.69 Å². The predicted octanol–water partition coefficient (Wildman–Crippen LogP) is 5.53. The molecule has 1 aliphatic heterocycles. The number of carbonyl (C=O) groups excluding carboxylic acids is 1. The lowest BCUT2D eigenvalue weighted by Crippen LogP contribution is -2.36. The molecular weight excluding hydrogens is 436 g/mol. The molecule has 1 fully saturated rings. The van der Waals surface area contributed by atoms with Crippen LogP contribution in [-0.4, -0.2) is 49.1 Å². The molecule has 0 spiro atoms. The van der Waals surface area contributed by atoms with Gasteiger partial charge in [0, 0.05) is 36.1 Å². The van der Waals surface area contributed by atoms with E-state index in [1.165, 1.54) is 29.8 Å². The van der Waals surface area contributed by atoms with Crippen LogP contribution in [0.15, 0.2) is 42.5 Å². The molecule has 0 bridgehead atoms. The van der Waals surface area contributed by atoms with E-state index >= 15 is 0 Å². The Kier molecular flexibility index (Phi) is 8.01. The number of H-pyrrole nitrogens is 1. The predicted molar refractivity (Wildman–Crippen MR) is 144 cm³/mol. The van der Waals surface area contributed by atoms with E-state index in [9.17, 15) is 4.79 Å². The largest absolute Gasteiger partial charge is 0.496 e. The van der Waals surface area contributed by atoms with Crippen LogP contribution < -0.4 is 15.4 Å². The molecule has 35 heavy (non-hydrogen) atoms. The number of primary amides is 1. The number of carbonyl (C=O) groups is 1. The summed E-state index contributed by atoms with van der Waals surface area (Å²) in [4.78, 5) is 21.0. The number of rotatable bonds is 10. The number of nitrogens with zero attached hydrogens (tertiary/aromatic N) is 2. The Morgan fingerprint density at radius 1 is 1.14 bits per heavy atom. The molecule has 3 N–H and O–H groups in total. The maximum atomic E-state index is 12.2. The smallest absolute Gasteiger partial charge is 0.252 e. The summed E-state index contributed by atoms with van der Waals surface area (Å²) in [6.45, 7) is 10.7. The lowest BCUT2D eigenvalue weighted by molar-refractivity contribution is 0.0997. The zero-order chi connectivity index (χ0) is 24.9. The summed E-state index contributed by atoms with van der Waals surface area (Å²) in [5, 5.41) is 1.07. The fraction of sp³-hybridized carbons (Fsp3) is 0.483. The highest BCUT2D eigenvalue weighted by atomic mass is 16.5. The van der Waals surface area contributed by atoms with Crippen LogP contribution in [-0.2, 0) is 6.42 Å². The number of fused-ring (bicyclic) bond motifs is 1. The molecule has 0 saturated carbocycles. The van der Waals surface area contributed by atoms with E-state index in [4.69, 9.17) is 10.5 Å². The van der Waals surface area contributed by atoms with E-state index in [1.807, 2.05) is 12.1 Å². The summed E-state index contributed by atoms with van der Waals surface area (Å²) in [6.07, 6.45) is 4.47. The van der Waals surface area contributed by atoms with Crippen LogP contribution in [0.25, 0.3) is 10.9 Å². The topological polar surface area (TPSA) is 74.6 Å². The van der Waals surface area contributed by atoms with Crippen LogP contribution in [0.4, 0.5) is 5.82 Å². The molecule has 2 aromatic carbocycles. The molecule has 0 aliphatic carbocycles. The first-order chi connectivity index (χ1) is 17.0. The minimum atomic E-state index is -0.463. The quantitative estimate of drug-likeness (QED) is 0.404. The number of hydrogen-bond donors (Lipinski definition) is 2. The van der Waals surface area contributed by atoms with Crippen molar-refractivity contribution < 1.29 is 9.53 Å². The molecule has 1 aromatic heterocycles. The maximum Gasteiger partial charge on any atom is 0.252 e. The number of amides is 1. The molecule has 6 heteroatoms. The monoisotopic (exact) mass is 476 g/mol. The van der Waals surface area contributed by atoms with Crippen molar-refractivity contribution in [3.8, 4) is 5.75 Å². The molecule has 1 aliphatic rings. The Morgan fingerprint density at radius 3 is 2.40 bits per heavy atom. The number of aromatic amines is 1. The number of piperidine rings is 1. The van der Waals surface area contributed by atoms with Crippen LogP contribution in [0, 0.1) is 5.92 Å². The van der Waals surface area contributed by atoms with Gasteiger partial charge in [-0.15, -0.1) is 0 Å². The van der Waals surface area contributed by atoms with Gasteiger partial charge in [0.05, 0.1) is 18.2 Å². The highest BCUT2D eigenvalue weighted by molar-refractivity contribution is 6.02. The number of benzene rings is 2. The van der Waals surface area contributed by atoms with Crippen molar-refractivity contribution in [3.63, 3.8) is 0 Å². The first-order valence-electron chi connectivity index (χ1n) is 13.1.